The van der Waals surface area contributed by atoms with Crippen molar-refractivity contribution in [3.05, 3.63) is 0 Å². The van der Waals surface area contributed by atoms with Crippen molar-refractivity contribution >= 4 is 18.3 Å². The van der Waals surface area contributed by atoms with E-state index in [1.807, 2.05) is 6.92 Å². The highest BCUT2D eigenvalue weighted by molar-refractivity contribution is 5.83. The van der Waals surface area contributed by atoms with Crippen LogP contribution >= 0.6 is 0 Å². The van der Waals surface area contributed by atoms with Crippen molar-refractivity contribution in [3.63, 3.8) is 0 Å². The van der Waals surface area contributed by atoms with E-state index in [2.05, 4.69) is 15.6 Å². The molecule has 0 rings (SSSR count). The van der Waals surface area contributed by atoms with Crippen LogP contribution in [0.5, 0.6) is 0 Å². The molecule has 0 spiro atoms. The first-order valence-corrected chi connectivity index (χ1v) is 5.14. The van der Waals surface area contributed by atoms with Gasteiger partial charge in [0.15, 0.2) is 5.96 Å². The first-order chi connectivity index (χ1) is 7.61. The Labute approximate surface area is 94.7 Å². The van der Waals surface area contributed by atoms with Crippen molar-refractivity contribution in [2.75, 3.05) is 13.1 Å². The lowest BCUT2D eigenvalue weighted by atomic mass is 10.1. The topological polar surface area (TPSA) is 123 Å². The fraction of sp³-hybridized carbons (Fsp3) is 0.667. The molecule has 0 radical (unpaired) electrons. The molecular weight excluding hydrogens is 210 g/mol. The molecule has 0 saturated carbocycles. The van der Waals surface area contributed by atoms with Crippen LogP contribution in [0, 0.1) is 0 Å². The van der Waals surface area contributed by atoms with Crippen molar-refractivity contribution in [1.29, 1.82) is 0 Å². The van der Waals surface area contributed by atoms with Crippen LogP contribution in [0.15, 0.2) is 4.99 Å². The summed E-state index contributed by atoms with van der Waals surface area (Å²) in [4.78, 5) is 25.5. The number of likely N-dealkylation sites (N-methyl/N-ethyl adjacent to an activating group) is 1. The van der Waals surface area contributed by atoms with Gasteiger partial charge in [0.05, 0.1) is 0 Å². The van der Waals surface area contributed by atoms with E-state index in [1.165, 1.54) is 0 Å². The van der Waals surface area contributed by atoms with Crippen LogP contribution in [0.4, 0.5) is 0 Å². The van der Waals surface area contributed by atoms with Gasteiger partial charge >= 0.3 is 0 Å². The van der Waals surface area contributed by atoms with Crippen LogP contribution in [0.25, 0.3) is 0 Å². The second kappa shape index (κ2) is 8.51. The Morgan fingerprint density at radius 1 is 1.50 bits per heavy atom. The van der Waals surface area contributed by atoms with E-state index >= 15 is 0 Å². The number of carbonyl (C=O) groups is 2. The van der Waals surface area contributed by atoms with Gasteiger partial charge in [-0.1, -0.05) is 0 Å². The minimum Gasteiger partial charge on any atom is -0.370 e. The number of hydrogen-bond acceptors (Lipinski definition) is 3. The average Bonchev–Trinajstić information content (AvgIpc) is 2.22. The van der Waals surface area contributed by atoms with Gasteiger partial charge in [-0.15, -0.1) is 0 Å². The summed E-state index contributed by atoms with van der Waals surface area (Å²) in [7, 11) is 0. The molecule has 1 atom stereocenters. The molecule has 0 aromatic carbocycles. The second-order valence-corrected chi connectivity index (χ2v) is 3.18. The number of amides is 2. The van der Waals surface area contributed by atoms with Crippen molar-refractivity contribution in [1.82, 2.24) is 10.6 Å². The van der Waals surface area contributed by atoms with Gasteiger partial charge in [-0.2, -0.15) is 0 Å². The van der Waals surface area contributed by atoms with E-state index in [9.17, 15) is 9.59 Å². The number of hydrogen-bond donors (Lipinski definition) is 4. The van der Waals surface area contributed by atoms with E-state index in [0.717, 1.165) is 0 Å². The molecule has 0 bridgehead atoms. The van der Waals surface area contributed by atoms with Crippen LogP contribution in [0.3, 0.4) is 0 Å². The Morgan fingerprint density at radius 2 is 2.19 bits per heavy atom. The minimum absolute atomic E-state index is 0.0258. The van der Waals surface area contributed by atoms with E-state index in [4.69, 9.17) is 11.5 Å². The summed E-state index contributed by atoms with van der Waals surface area (Å²) >= 11 is 0. The quantitative estimate of drug-likeness (QED) is 0.171. The molecule has 0 aromatic rings. The molecule has 2 amide bonds. The van der Waals surface area contributed by atoms with Crippen LogP contribution < -0.4 is 22.1 Å². The number of rotatable bonds is 8. The largest absolute Gasteiger partial charge is 0.370 e. The van der Waals surface area contributed by atoms with Gasteiger partial charge in [0.1, 0.15) is 6.04 Å². The highest BCUT2D eigenvalue weighted by Gasteiger charge is 2.15. The highest BCUT2D eigenvalue weighted by Crippen LogP contribution is 1.97. The first-order valence-electron chi connectivity index (χ1n) is 5.14. The van der Waals surface area contributed by atoms with Crippen LogP contribution in [-0.2, 0) is 9.59 Å². The van der Waals surface area contributed by atoms with E-state index in [1.54, 1.807) is 0 Å². The fourth-order valence-corrected chi connectivity index (χ4v) is 1.17. The summed E-state index contributed by atoms with van der Waals surface area (Å²) in [5, 5.41) is 5.09. The minimum atomic E-state index is -0.522. The molecule has 16 heavy (non-hydrogen) atoms. The van der Waals surface area contributed by atoms with E-state index in [0.29, 0.717) is 32.3 Å². The number of aliphatic imine (C=N–C) groups is 1. The van der Waals surface area contributed by atoms with Gasteiger partial charge in [0.25, 0.3) is 0 Å². The van der Waals surface area contributed by atoms with Crippen molar-refractivity contribution < 1.29 is 9.59 Å². The fourth-order valence-electron chi connectivity index (χ4n) is 1.17. The summed E-state index contributed by atoms with van der Waals surface area (Å²) in [6.07, 6.45) is 1.64. The molecule has 0 aliphatic rings. The zero-order valence-electron chi connectivity index (χ0n) is 9.40. The molecule has 0 aromatic heterocycles. The lowest BCUT2D eigenvalue weighted by Gasteiger charge is -2.14. The zero-order valence-corrected chi connectivity index (χ0v) is 9.40. The summed E-state index contributed by atoms with van der Waals surface area (Å²) in [6.45, 7) is 2.79. The van der Waals surface area contributed by atoms with Gasteiger partial charge in [0.2, 0.25) is 12.3 Å². The second-order valence-electron chi connectivity index (χ2n) is 3.18. The van der Waals surface area contributed by atoms with Crippen LogP contribution in [0.1, 0.15) is 19.8 Å². The Balaban J connectivity index is 3.98. The van der Waals surface area contributed by atoms with Crippen molar-refractivity contribution in [3.8, 4) is 0 Å². The lowest BCUT2D eigenvalue weighted by Crippen LogP contribution is -2.43. The molecule has 0 saturated heterocycles. The SMILES string of the molecule is CCNC(=O)C(CCCN=C(N)N)NC=O. The third-order valence-corrected chi connectivity index (χ3v) is 1.88. The van der Waals surface area contributed by atoms with E-state index in [-0.39, 0.29) is 11.9 Å². The van der Waals surface area contributed by atoms with Gasteiger partial charge in [-0.05, 0) is 19.8 Å². The number of carbonyl (C=O) groups excluding carboxylic acids is 2. The molecule has 0 heterocycles. The third kappa shape index (κ3) is 6.63. The van der Waals surface area contributed by atoms with Gasteiger partial charge < -0.3 is 22.1 Å². The lowest BCUT2D eigenvalue weighted by molar-refractivity contribution is -0.125. The van der Waals surface area contributed by atoms with Crippen LogP contribution in [0.2, 0.25) is 0 Å². The summed E-state index contributed by atoms with van der Waals surface area (Å²) in [5.41, 5.74) is 10.3. The molecule has 7 nitrogen and oxygen atoms in total. The summed E-state index contributed by atoms with van der Waals surface area (Å²) < 4.78 is 0. The molecule has 1 unspecified atom stereocenters. The molecule has 0 aliphatic heterocycles. The Kier molecular flexibility index (Phi) is 7.56. The molecule has 0 fully saturated rings. The molecule has 0 aliphatic carbocycles. The molecule has 7 heteroatoms. The number of guanidine groups is 1. The van der Waals surface area contributed by atoms with Crippen molar-refractivity contribution in [2.45, 2.75) is 25.8 Å². The third-order valence-electron chi connectivity index (χ3n) is 1.88. The smallest absolute Gasteiger partial charge is 0.242 e. The normalized spacial score (nSPS) is 11.3. The zero-order chi connectivity index (χ0) is 12.4. The highest BCUT2D eigenvalue weighted by atomic mass is 16.2. The number of nitrogens with two attached hydrogens (primary N) is 2. The maximum absolute atomic E-state index is 11.4. The molecule has 92 valence electrons. The van der Waals surface area contributed by atoms with Crippen LogP contribution in [-0.4, -0.2) is 37.4 Å². The van der Waals surface area contributed by atoms with Gasteiger partial charge in [0, 0.05) is 13.1 Å². The number of nitrogens with zero attached hydrogens (tertiary/aromatic N) is 1. The maximum atomic E-state index is 11.4. The van der Waals surface area contributed by atoms with Gasteiger partial charge in [-0.25, -0.2) is 0 Å². The van der Waals surface area contributed by atoms with Gasteiger partial charge in [-0.3, -0.25) is 14.6 Å². The predicted molar refractivity (Wildman–Crippen MR) is 61.6 cm³/mol. The average molecular weight is 229 g/mol. The van der Waals surface area contributed by atoms with E-state index < -0.39 is 6.04 Å². The Hall–Kier alpha value is -1.79. The Morgan fingerprint density at radius 3 is 2.69 bits per heavy atom. The maximum Gasteiger partial charge on any atom is 0.242 e. The Bertz CT molecular complexity index is 250. The monoisotopic (exact) mass is 229 g/mol. The summed E-state index contributed by atoms with van der Waals surface area (Å²) in [5.74, 6) is -0.169. The first kappa shape index (κ1) is 14.2. The standard InChI is InChI=1S/C9H19N5O2/c1-2-12-8(16)7(14-6-15)4-3-5-13-9(10)11/h6-7H,2-5H2,1H3,(H,12,16)(H,14,15)(H4,10,11,13). The van der Waals surface area contributed by atoms with Crippen molar-refractivity contribution in [2.24, 2.45) is 16.5 Å². The number of nitrogens with one attached hydrogen (secondary N) is 2. The molecule has 6 N–H and O–H groups in total. The predicted octanol–water partition coefficient (Wildman–Crippen LogP) is -1.71. The summed E-state index contributed by atoms with van der Waals surface area (Å²) in [6, 6.07) is -0.522. The molecular formula is C9H19N5O2.